The van der Waals surface area contributed by atoms with E-state index in [1.807, 2.05) is 24.3 Å². The monoisotopic (exact) mass is 287 g/mol. The highest BCUT2D eigenvalue weighted by atomic mass is 19.1. The van der Waals surface area contributed by atoms with Crippen LogP contribution in [0, 0.1) is 5.82 Å². The fourth-order valence-corrected chi connectivity index (χ4v) is 2.10. The smallest absolute Gasteiger partial charge is 0.254 e. The Labute approximate surface area is 123 Å². The van der Waals surface area contributed by atoms with Crippen molar-refractivity contribution >= 4 is 5.91 Å². The third kappa shape index (κ3) is 3.67. The molecule has 0 aliphatic rings. The first-order chi connectivity index (χ1) is 10.2. The zero-order valence-electron chi connectivity index (χ0n) is 11.8. The van der Waals surface area contributed by atoms with Gasteiger partial charge in [-0.1, -0.05) is 43.3 Å². The molecule has 2 rings (SSSR count). The van der Waals surface area contributed by atoms with Gasteiger partial charge in [0.15, 0.2) is 0 Å². The maximum atomic E-state index is 13.6. The van der Waals surface area contributed by atoms with E-state index in [2.05, 4.69) is 12.2 Å². The van der Waals surface area contributed by atoms with Crippen molar-refractivity contribution in [3.63, 3.8) is 0 Å². The molecule has 0 bridgehead atoms. The van der Waals surface area contributed by atoms with Crippen LogP contribution < -0.4 is 5.32 Å². The van der Waals surface area contributed by atoms with Crippen LogP contribution in [-0.4, -0.2) is 17.6 Å². The molecule has 0 saturated heterocycles. The van der Waals surface area contributed by atoms with Gasteiger partial charge in [-0.05, 0) is 29.7 Å². The van der Waals surface area contributed by atoms with Crippen molar-refractivity contribution in [2.75, 3.05) is 6.61 Å². The van der Waals surface area contributed by atoms with Crippen LogP contribution >= 0.6 is 0 Å². The second-order valence-electron chi connectivity index (χ2n) is 4.78. The number of benzene rings is 2. The second kappa shape index (κ2) is 6.99. The lowest BCUT2D eigenvalue weighted by Gasteiger charge is -2.17. The molecule has 0 radical (unpaired) electrons. The predicted octanol–water partition coefficient (Wildman–Crippen LogP) is 2.85. The first kappa shape index (κ1) is 15.2. The molecule has 1 amide bonds. The third-order valence-corrected chi connectivity index (χ3v) is 3.40. The maximum absolute atomic E-state index is 13.6. The summed E-state index contributed by atoms with van der Waals surface area (Å²) < 4.78 is 13.6. The van der Waals surface area contributed by atoms with Gasteiger partial charge in [-0.2, -0.15) is 0 Å². The van der Waals surface area contributed by atoms with Crippen LogP contribution in [0.25, 0.3) is 0 Å². The first-order valence-electron chi connectivity index (χ1n) is 6.90. The van der Waals surface area contributed by atoms with E-state index in [1.54, 1.807) is 6.07 Å². The summed E-state index contributed by atoms with van der Waals surface area (Å²) in [5.74, 6) is -1.11. The minimum absolute atomic E-state index is 0.0267. The van der Waals surface area contributed by atoms with Gasteiger partial charge >= 0.3 is 0 Å². The Morgan fingerprint density at radius 1 is 1.19 bits per heavy atom. The normalized spacial score (nSPS) is 12.0. The summed E-state index contributed by atoms with van der Waals surface area (Å²) in [6.45, 7) is 1.81. The molecule has 2 aromatic carbocycles. The van der Waals surface area contributed by atoms with Crippen LogP contribution in [0.4, 0.5) is 4.39 Å². The van der Waals surface area contributed by atoms with Crippen LogP contribution in [0.1, 0.15) is 34.5 Å². The number of carbonyl (C=O) groups excluding carboxylic acids is 1. The van der Waals surface area contributed by atoms with Gasteiger partial charge in [0, 0.05) is 0 Å². The predicted molar refractivity (Wildman–Crippen MR) is 79.5 cm³/mol. The van der Waals surface area contributed by atoms with Crippen LogP contribution in [0.3, 0.4) is 0 Å². The van der Waals surface area contributed by atoms with Crippen molar-refractivity contribution in [1.82, 2.24) is 5.32 Å². The van der Waals surface area contributed by atoms with E-state index in [0.29, 0.717) is 0 Å². The zero-order valence-corrected chi connectivity index (χ0v) is 11.8. The number of aryl methyl sites for hydroxylation is 1. The van der Waals surface area contributed by atoms with Crippen molar-refractivity contribution in [3.8, 4) is 0 Å². The molecule has 2 aromatic rings. The Balaban J connectivity index is 2.15. The van der Waals surface area contributed by atoms with E-state index in [9.17, 15) is 14.3 Å². The van der Waals surface area contributed by atoms with Crippen molar-refractivity contribution in [2.24, 2.45) is 0 Å². The summed E-state index contributed by atoms with van der Waals surface area (Å²) in [4.78, 5) is 12.1. The number of rotatable bonds is 5. The van der Waals surface area contributed by atoms with Gasteiger partial charge < -0.3 is 10.4 Å². The van der Waals surface area contributed by atoms with E-state index in [-0.39, 0.29) is 12.2 Å². The molecule has 0 heterocycles. The minimum Gasteiger partial charge on any atom is -0.394 e. The average Bonchev–Trinajstić information content (AvgIpc) is 2.53. The molecular formula is C17H18FNO2. The highest BCUT2D eigenvalue weighted by Gasteiger charge is 2.17. The molecule has 0 saturated carbocycles. The van der Waals surface area contributed by atoms with E-state index in [4.69, 9.17) is 0 Å². The van der Waals surface area contributed by atoms with Crippen LogP contribution in [0.2, 0.25) is 0 Å². The minimum atomic E-state index is -0.576. The number of halogens is 1. The fourth-order valence-electron chi connectivity index (χ4n) is 2.10. The van der Waals surface area contributed by atoms with E-state index < -0.39 is 17.8 Å². The van der Waals surface area contributed by atoms with Gasteiger partial charge in [-0.3, -0.25) is 4.79 Å². The topological polar surface area (TPSA) is 49.3 Å². The summed E-state index contributed by atoms with van der Waals surface area (Å²) in [6.07, 6.45) is 0.922. The molecule has 3 nitrogen and oxygen atoms in total. The summed E-state index contributed by atoms with van der Waals surface area (Å²) in [5.41, 5.74) is 1.94. The molecule has 4 heteroatoms. The van der Waals surface area contributed by atoms with E-state index in [1.165, 1.54) is 23.8 Å². The van der Waals surface area contributed by atoms with Crippen molar-refractivity contribution < 1.29 is 14.3 Å². The molecule has 0 fully saturated rings. The van der Waals surface area contributed by atoms with E-state index in [0.717, 1.165) is 12.0 Å². The average molecular weight is 287 g/mol. The number of aliphatic hydroxyl groups excluding tert-OH is 1. The van der Waals surface area contributed by atoms with Gasteiger partial charge in [0.2, 0.25) is 0 Å². The first-order valence-corrected chi connectivity index (χ1v) is 6.90. The summed E-state index contributed by atoms with van der Waals surface area (Å²) in [5, 5.41) is 12.1. The number of hydrogen-bond donors (Lipinski definition) is 2. The number of aliphatic hydroxyl groups is 1. The Hall–Kier alpha value is -2.20. The molecule has 110 valence electrons. The number of amides is 1. The summed E-state index contributed by atoms with van der Waals surface area (Å²) >= 11 is 0. The van der Waals surface area contributed by atoms with Crippen molar-refractivity contribution in [1.29, 1.82) is 0 Å². The molecule has 0 aliphatic heterocycles. The second-order valence-corrected chi connectivity index (χ2v) is 4.78. The van der Waals surface area contributed by atoms with E-state index >= 15 is 0 Å². The SMILES string of the molecule is CCc1ccc(C(CO)NC(=O)c2ccccc2F)cc1. The third-order valence-electron chi connectivity index (χ3n) is 3.40. The summed E-state index contributed by atoms with van der Waals surface area (Å²) in [6, 6.07) is 12.9. The van der Waals surface area contributed by atoms with Crippen LogP contribution in [0.15, 0.2) is 48.5 Å². The van der Waals surface area contributed by atoms with Crippen LogP contribution in [0.5, 0.6) is 0 Å². The lowest BCUT2D eigenvalue weighted by molar-refractivity contribution is 0.0912. The van der Waals surface area contributed by atoms with Gasteiger partial charge in [0.1, 0.15) is 5.82 Å². The molecule has 2 N–H and O–H groups in total. The lowest BCUT2D eigenvalue weighted by Crippen LogP contribution is -2.31. The standard InChI is InChI=1S/C17H18FNO2/c1-2-12-7-9-13(10-8-12)16(11-20)19-17(21)14-5-3-4-6-15(14)18/h3-10,16,20H,2,11H2,1H3,(H,19,21). The molecule has 0 aliphatic carbocycles. The molecule has 0 aromatic heterocycles. The highest BCUT2D eigenvalue weighted by molar-refractivity contribution is 5.94. The van der Waals surface area contributed by atoms with Gasteiger partial charge in [0.05, 0.1) is 18.2 Å². The highest BCUT2D eigenvalue weighted by Crippen LogP contribution is 2.15. The summed E-state index contributed by atoms with van der Waals surface area (Å²) in [7, 11) is 0. The molecule has 21 heavy (non-hydrogen) atoms. The number of hydrogen-bond acceptors (Lipinski definition) is 2. The van der Waals surface area contributed by atoms with Gasteiger partial charge in [0.25, 0.3) is 5.91 Å². The molecule has 0 spiro atoms. The maximum Gasteiger partial charge on any atom is 0.254 e. The Morgan fingerprint density at radius 2 is 1.86 bits per heavy atom. The molecular weight excluding hydrogens is 269 g/mol. The Morgan fingerprint density at radius 3 is 2.43 bits per heavy atom. The van der Waals surface area contributed by atoms with Crippen LogP contribution in [-0.2, 0) is 6.42 Å². The lowest BCUT2D eigenvalue weighted by atomic mass is 10.0. The van der Waals surface area contributed by atoms with Crippen molar-refractivity contribution in [3.05, 3.63) is 71.0 Å². The van der Waals surface area contributed by atoms with Crippen molar-refractivity contribution in [2.45, 2.75) is 19.4 Å². The van der Waals surface area contributed by atoms with Gasteiger partial charge in [-0.25, -0.2) is 4.39 Å². The Kier molecular flexibility index (Phi) is 5.06. The Bertz CT molecular complexity index is 610. The quantitative estimate of drug-likeness (QED) is 0.888. The molecule has 1 unspecified atom stereocenters. The fraction of sp³-hybridized carbons (Fsp3) is 0.235. The largest absolute Gasteiger partial charge is 0.394 e. The number of carbonyl (C=O) groups is 1. The molecule has 1 atom stereocenters. The number of nitrogens with one attached hydrogen (secondary N) is 1. The van der Waals surface area contributed by atoms with Gasteiger partial charge in [-0.15, -0.1) is 0 Å². The zero-order chi connectivity index (χ0) is 15.2.